The van der Waals surface area contributed by atoms with Gasteiger partial charge in [0.2, 0.25) is 10.0 Å². The Labute approximate surface area is 140 Å². The summed E-state index contributed by atoms with van der Waals surface area (Å²) in [6.45, 7) is 2.77. The average molecular weight is 357 g/mol. The van der Waals surface area contributed by atoms with Crippen molar-refractivity contribution in [2.45, 2.75) is 11.0 Å². The van der Waals surface area contributed by atoms with Gasteiger partial charge in [-0.25, -0.2) is 12.8 Å². The first-order chi connectivity index (χ1) is 11.5. The lowest BCUT2D eigenvalue weighted by molar-refractivity contribution is -0.146. The molecule has 0 aliphatic carbocycles. The van der Waals surface area contributed by atoms with Crippen LogP contribution in [0.1, 0.15) is 0 Å². The molecule has 132 valence electrons. The number of nitrogens with zero attached hydrogens (tertiary/aromatic N) is 2. The van der Waals surface area contributed by atoms with E-state index >= 15 is 0 Å². The zero-order valence-corrected chi connectivity index (χ0v) is 14.0. The van der Waals surface area contributed by atoms with E-state index in [0.29, 0.717) is 26.2 Å². The summed E-state index contributed by atoms with van der Waals surface area (Å²) in [6.07, 6.45) is -0.501. The minimum Gasteiger partial charge on any atom is -0.366 e. The van der Waals surface area contributed by atoms with Crippen molar-refractivity contribution in [1.29, 1.82) is 0 Å². The lowest BCUT2D eigenvalue weighted by Gasteiger charge is -2.36. The number of benzene rings is 1. The number of carbonyl (C=O) groups is 1. The minimum atomic E-state index is -3.67. The fourth-order valence-corrected chi connectivity index (χ4v) is 4.25. The van der Waals surface area contributed by atoms with Crippen LogP contribution in [-0.4, -0.2) is 75.5 Å². The van der Waals surface area contributed by atoms with Crippen LogP contribution < -0.4 is 5.32 Å². The van der Waals surface area contributed by atoms with Gasteiger partial charge in [-0.2, -0.15) is 4.31 Å². The summed E-state index contributed by atoms with van der Waals surface area (Å²) in [5.41, 5.74) is 0. The van der Waals surface area contributed by atoms with Crippen molar-refractivity contribution in [2.24, 2.45) is 0 Å². The summed E-state index contributed by atoms with van der Waals surface area (Å²) in [5.74, 6) is -0.591. The van der Waals surface area contributed by atoms with Gasteiger partial charge in [0.15, 0.2) is 0 Å². The molecule has 0 spiro atoms. The van der Waals surface area contributed by atoms with Gasteiger partial charge in [-0.3, -0.25) is 4.79 Å². The molecular formula is C15H20FN3O4S. The van der Waals surface area contributed by atoms with Crippen LogP contribution in [0.5, 0.6) is 0 Å². The van der Waals surface area contributed by atoms with E-state index in [1.807, 2.05) is 0 Å². The molecule has 0 bridgehead atoms. The Hall–Kier alpha value is -1.55. The van der Waals surface area contributed by atoms with Crippen LogP contribution in [0.4, 0.5) is 4.39 Å². The Kier molecular flexibility index (Phi) is 5.14. The van der Waals surface area contributed by atoms with Crippen LogP contribution in [-0.2, 0) is 19.6 Å². The van der Waals surface area contributed by atoms with Crippen LogP contribution in [0.3, 0.4) is 0 Å². The summed E-state index contributed by atoms with van der Waals surface area (Å²) in [5, 5.41) is 3.10. The fraction of sp³-hybridized carbons (Fsp3) is 0.533. The van der Waals surface area contributed by atoms with Crippen molar-refractivity contribution in [2.75, 3.05) is 45.9 Å². The van der Waals surface area contributed by atoms with Gasteiger partial charge in [-0.05, 0) is 24.3 Å². The van der Waals surface area contributed by atoms with Gasteiger partial charge < -0.3 is 15.0 Å². The lowest BCUT2D eigenvalue weighted by atomic mass is 10.2. The molecular weight excluding hydrogens is 337 g/mol. The molecule has 2 aliphatic heterocycles. The van der Waals surface area contributed by atoms with Crippen LogP contribution in [0.25, 0.3) is 0 Å². The number of morpholine rings is 1. The molecule has 7 nitrogen and oxygen atoms in total. The van der Waals surface area contributed by atoms with Crippen LogP contribution >= 0.6 is 0 Å². The van der Waals surface area contributed by atoms with Crippen molar-refractivity contribution >= 4 is 15.9 Å². The van der Waals surface area contributed by atoms with Crippen molar-refractivity contribution in [3.8, 4) is 0 Å². The highest BCUT2D eigenvalue weighted by molar-refractivity contribution is 7.89. The number of piperazine rings is 1. The average Bonchev–Trinajstić information content (AvgIpc) is 2.62. The van der Waals surface area contributed by atoms with E-state index in [-0.39, 0.29) is 23.9 Å². The van der Waals surface area contributed by atoms with E-state index in [1.54, 1.807) is 4.90 Å². The SMILES string of the molecule is O=C(C1CNCCO1)N1CCN(S(=O)(=O)c2ccc(F)cc2)CC1. The lowest BCUT2D eigenvalue weighted by Crippen LogP contribution is -2.55. The van der Waals surface area contributed by atoms with Gasteiger partial charge in [-0.15, -0.1) is 0 Å². The molecule has 1 N–H and O–H groups in total. The van der Waals surface area contributed by atoms with E-state index in [4.69, 9.17) is 4.74 Å². The molecule has 0 saturated carbocycles. The highest BCUT2D eigenvalue weighted by Gasteiger charge is 2.33. The van der Waals surface area contributed by atoms with Crippen LogP contribution in [0, 0.1) is 5.82 Å². The smallest absolute Gasteiger partial charge is 0.253 e. The predicted molar refractivity (Wildman–Crippen MR) is 84.3 cm³/mol. The number of nitrogens with one attached hydrogen (secondary N) is 1. The Bertz CT molecular complexity index is 681. The third-order valence-electron chi connectivity index (χ3n) is 4.20. The van der Waals surface area contributed by atoms with Crippen molar-refractivity contribution in [1.82, 2.24) is 14.5 Å². The van der Waals surface area contributed by atoms with Gasteiger partial charge >= 0.3 is 0 Å². The molecule has 1 amide bonds. The molecule has 1 unspecified atom stereocenters. The second-order valence-electron chi connectivity index (χ2n) is 5.75. The number of sulfonamides is 1. The topological polar surface area (TPSA) is 79.0 Å². The minimum absolute atomic E-state index is 0.0588. The van der Waals surface area contributed by atoms with Crippen molar-refractivity contribution in [3.63, 3.8) is 0 Å². The van der Waals surface area contributed by atoms with E-state index in [0.717, 1.165) is 18.7 Å². The molecule has 1 aromatic rings. The normalized spacial score (nSPS) is 23.2. The number of hydrogen-bond donors (Lipinski definition) is 1. The third-order valence-corrected chi connectivity index (χ3v) is 6.12. The number of amides is 1. The van der Waals surface area contributed by atoms with Crippen LogP contribution in [0.2, 0.25) is 0 Å². The molecule has 9 heteroatoms. The standard InChI is InChI=1S/C15H20FN3O4S/c16-12-1-3-13(4-2-12)24(21,22)19-8-6-18(7-9-19)15(20)14-11-17-5-10-23-14/h1-4,14,17H,5-11H2. The molecule has 24 heavy (non-hydrogen) atoms. The zero-order valence-electron chi connectivity index (χ0n) is 13.2. The molecule has 0 aromatic heterocycles. The van der Waals surface area contributed by atoms with E-state index < -0.39 is 21.9 Å². The summed E-state index contributed by atoms with van der Waals surface area (Å²) in [6, 6.07) is 4.76. The van der Waals surface area contributed by atoms with E-state index in [1.165, 1.54) is 16.4 Å². The fourth-order valence-electron chi connectivity index (χ4n) is 2.83. The Morgan fingerprint density at radius 3 is 2.42 bits per heavy atom. The first kappa shape index (κ1) is 17.3. The van der Waals surface area contributed by atoms with Gasteiger partial charge in [0.25, 0.3) is 5.91 Å². The van der Waals surface area contributed by atoms with Gasteiger partial charge in [0.1, 0.15) is 11.9 Å². The van der Waals surface area contributed by atoms with E-state index in [2.05, 4.69) is 5.32 Å². The number of ether oxygens (including phenoxy) is 1. The maximum absolute atomic E-state index is 13.0. The highest BCUT2D eigenvalue weighted by Crippen LogP contribution is 2.18. The predicted octanol–water partition coefficient (Wildman–Crippen LogP) is -0.353. The Balaban J connectivity index is 1.62. The molecule has 0 radical (unpaired) electrons. The zero-order chi connectivity index (χ0) is 17.2. The quantitative estimate of drug-likeness (QED) is 0.800. The molecule has 2 heterocycles. The van der Waals surface area contributed by atoms with E-state index in [9.17, 15) is 17.6 Å². The Morgan fingerprint density at radius 2 is 1.83 bits per heavy atom. The highest BCUT2D eigenvalue weighted by atomic mass is 32.2. The second-order valence-corrected chi connectivity index (χ2v) is 7.68. The molecule has 2 fully saturated rings. The van der Waals surface area contributed by atoms with Crippen molar-refractivity contribution < 1.29 is 22.3 Å². The molecule has 1 atom stereocenters. The summed E-state index contributed by atoms with van der Waals surface area (Å²) in [4.78, 5) is 14.1. The van der Waals surface area contributed by atoms with Gasteiger partial charge in [0, 0.05) is 39.3 Å². The summed E-state index contributed by atoms with van der Waals surface area (Å²) < 4.78 is 44.8. The van der Waals surface area contributed by atoms with Gasteiger partial charge in [0.05, 0.1) is 11.5 Å². The number of halogens is 1. The first-order valence-electron chi connectivity index (χ1n) is 7.85. The molecule has 2 saturated heterocycles. The molecule has 1 aromatic carbocycles. The third kappa shape index (κ3) is 3.59. The number of rotatable bonds is 3. The number of hydrogen-bond acceptors (Lipinski definition) is 5. The largest absolute Gasteiger partial charge is 0.366 e. The second kappa shape index (κ2) is 7.14. The monoisotopic (exact) mass is 357 g/mol. The molecule has 3 rings (SSSR count). The maximum Gasteiger partial charge on any atom is 0.253 e. The molecule has 2 aliphatic rings. The maximum atomic E-state index is 13.0. The summed E-state index contributed by atoms with van der Waals surface area (Å²) >= 11 is 0. The van der Waals surface area contributed by atoms with Gasteiger partial charge in [-0.1, -0.05) is 0 Å². The van der Waals surface area contributed by atoms with Crippen molar-refractivity contribution in [3.05, 3.63) is 30.1 Å². The Morgan fingerprint density at radius 1 is 1.17 bits per heavy atom. The first-order valence-corrected chi connectivity index (χ1v) is 9.29. The summed E-state index contributed by atoms with van der Waals surface area (Å²) in [7, 11) is -3.67. The van der Waals surface area contributed by atoms with Crippen LogP contribution in [0.15, 0.2) is 29.2 Å². The number of carbonyl (C=O) groups excluding carboxylic acids is 1.